The molecule has 2 aromatic rings. The first-order valence-corrected chi connectivity index (χ1v) is 6.85. The third-order valence-corrected chi connectivity index (χ3v) is 3.72. The summed E-state index contributed by atoms with van der Waals surface area (Å²) in [7, 11) is 0. The number of aromatic amines is 1. The average molecular weight is 291 g/mol. The maximum atomic E-state index is 12.2. The average Bonchev–Trinajstić information content (AvgIpc) is 3.16. The summed E-state index contributed by atoms with van der Waals surface area (Å²) in [5.41, 5.74) is 9.09. The lowest BCUT2D eigenvalue weighted by Gasteiger charge is -2.07. The van der Waals surface area contributed by atoms with Crippen molar-refractivity contribution in [1.29, 1.82) is 0 Å². The zero-order valence-electron chi connectivity index (χ0n) is 11.0. The largest absolute Gasteiger partial charge is 0.395 e. The van der Waals surface area contributed by atoms with E-state index in [1.165, 1.54) is 0 Å². The third kappa shape index (κ3) is 2.36. The summed E-state index contributed by atoms with van der Waals surface area (Å²) in [6.07, 6.45) is 2.19. The van der Waals surface area contributed by atoms with Gasteiger partial charge in [-0.2, -0.15) is 5.10 Å². The van der Waals surface area contributed by atoms with Crippen LogP contribution < -0.4 is 11.1 Å². The predicted molar refractivity (Wildman–Crippen MR) is 79.1 cm³/mol. The van der Waals surface area contributed by atoms with Gasteiger partial charge in [-0.25, -0.2) is 0 Å². The minimum Gasteiger partial charge on any atom is -0.395 e. The molecule has 0 bridgehead atoms. The molecule has 1 aliphatic carbocycles. The molecule has 1 aromatic carbocycles. The summed E-state index contributed by atoms with van der Waals surface area (Å²) < 4.78 is 0. The van der Waals surface area contributed by atoms with Crippen molar-refractivity contribution >= 4 is 28.9 Å². The third-order valence-electron chi connectivity index (χ3n) is 3.41. The van der Waals surface area contributed by atoms with Gasteiger partial charge in [0.2, 0.25) is 0 Å². The number of nitrogens with zero attached hydrogens (tertiary/aromatic N) is 1. The van der Waals surface area contributed by atoms with Gasteiger partial charge in [-0.3, -0.25) is 9.89 Å². The Bertz CT molecular complexity index is 676. The Morgan fingerprint density at radius 2 is 2.25 bits per heavy atom. The minimum absolute atomic E-state index is 0.226. The maximum Gasteiger partial charge on any atom is 0.278 e. The summed E-state index contributed by atoms with van der Waals surface area (Å²) in [5.74, 6) is 0.0726. The van der Waals surface area contributed by atoms with Gasteiger partial charge < -0.3 is 11.1 Å². The van der Waals surface area contributed by atoms with Crippen molar-refractivity contribution < 1.29 is 4.79 Å². The molecule has 1 heterocycles. The lowest BCUT2D eigenvalue weighted by Crippen LogP contribution is -2.14. The van der Waals surface area contributed by atoms with Crippen LogP contribution >= 0.6 is 11.6 Å². The minimum atomic E-state index is -0.351. The molecule has 20 heavy (non-hydrogen) atoms. The number of halogens is 1. The Kier molecular flexibility index (Phi) is 3.14. The van der Waals surface area contributed by atoms with E-state index in [2.05, 4.69) is 15.5 Å². The van der Waals surface area contributed by atoms with Gasteiger partial charge in [-0.1, -0.05) is 17.7 Å². The summed E-state index contributed by atoms with van der Waals surface area (Å²) in [6, 6.07) is 5.44. The van der Waals surface area contributed by atoms with Crippen molar-refractivity contribution in [3.63, 3.8) is 0 Å². The number of nitrogens with one attached hydrogen (secondary N) is 2. The van der Waals surface area contributed by atoms with E-state index >= 15 is 0 Å². The standard InChI is InChI=1S/C14H15ClN4O/c1-7-2-5-10(9(15)6-7)17-14(20)13-11(16)12(18-19-13)8-3-4-8/h2,5-6,8H,3-4,16H2,1H3,(H,17,20)(H,18,19). The van der Waals surface area contributed by atoms with Gasteiger partial charge in [0, 0.05) is 5.92 Å². The van der Waals surface area contributed by atoms with E-state index in [1.807, 2.05) is 13.0 Å². The maximum absolute atomic E-state index is 12.2. The molecule has 5 nitrogen and oxygen atoms in total. The molecular formula is C14H15ClN4O. The fourth-order valence-electron chi connectivity index (χ4n) is 2.12. The summed E-state index contributed by atoms with van der Waals surface area (Å²) in [5, 5.41) is 10.1. The number of rotatable bonds is 3. The van der Waals surface area contributed by atoms with Gasteiger partial charge >= 0.3 is 0 Å². The normalized spacial score (nSPS) is 14.3. The highest BCUT2D eigenvalue weighted by Gasteiger charge is 2.30. The molecule has 1 amide bonds. The van der Waals surface area contributed by atoms with Crippen LogP contribution in [0.15, 0.2) is 18.2 Å². The van der Waals surface area contributed by atoms with Crippen LogP contribution in [0.5, 0.6) is 0 Å². The van der Waals surface area contributed by atoms with E-state index in [4.69, 9.17) is 17.3 Å². The number of amides is 1. The van der Waals surface area contributed by atoms with Crippen molar-refractivity contribution in [2.24, 2.45) is 0 Å². The number of hydrogen-bond donors (Lipinski definition) is 3. The van der Waals surface area contributed by atoms with Crippen LogP contribution in [-0.2, 0) is 0 Å². The lowest BCUT2D eigenvalue weighted by molar-refractivity contribution is 0.102. The Morgan fingerprint density at radius 3 is 2.90 bits per heavy atom. The number of nitrogens with two attached hydrogens (primary N) is 1. The monoisotopic (exact) mass is 290 g/mol. The first kappa shape index (κ1) is 13.0. The quantitative estimate of drug-likeness (QED) is 0.812. The highest BCUT2D eigenvalue weighted by atomic mass is 35.5. The molecule has 0 unspecified atom stereocenters. The van der Waals surface area contributed by atoms with Crippen molar-refractivity contribution in [3.05, 3.63) is 40.2 Å². The second-order valence-corrected chi connectivity index (χ2v) is 5.52. The van der Waals surface area contributed by atoms with E-state index in [0.29, 0.717) is 22.3 Å². The van der Waals surface area contributed by atoms with Crippen LogP contribution in [0, 0.1) is 6.92 Å². The predicted octanol–water partition coefficient (Wildman–Crippen LogP) is 3.08. The van der Waals surface area contributed by atoms with Crippen LogP contribution in [0.4, 0.5) is 11.4 Å². The molecule has 0 saturated heterocycles. The van der Waals surface area contributed by atoms with E-state index in [-0.39, 0.29) is 11.6 Å². The van der Waals surface area contributed by atoms with Gasteiger partial charge in [-0.05, 0) is 37.5 Å². The summed E-state index contributed by atoms with van der Waals surface area (Å²) in [6.45, 7) is 1.94. The van der Waals surface area contributed by atoms with E-state index in [9.17, 15) is 4.79 Å². The molecule has 4 N–H and O–H groups in total. The molecular weight excluding hydrogens is 276 g/mol. The van der Waals surface area contributed by atoms with Crippen LogP contribution in [0.2, 0.25) is 5.02 Å². The molecule has 3 rings (SSSR count). The second-order valence-electron chi connectivity index (χ2n) is 5.11. The van der Waals surface area contributed by atoms with Crippen molar-refractivity contribution in [2.75, 3.05) is 11.1 Å². The van der Waals surface area contributed by atoms with E-state index < -0.39 is 0 Å². The fourth-order valence-corrected chi connectivity index (χ4v) is 2.41. The molecule has 1 saturated carbocycles. The zero-order chi connectivity index (χ0) is 14.3. The summed E-state index contributed by atoms with van der Waals surface area (Å²) in [4.78, 5) is 12.2. The van der Waals surface area contributed by atoms with Crippen LogP contribution in [0.25, 0.3) is 0 Å². The van der Waals surface area contributed by atoms with Gasteiger partial charge in [0.05, 0.1) is 22.1 Å². The number of aryl methyl sites for hydroxylation is 1. The number of nitrogen functional groups attached to an aromatic ring is 1. The van der Waals surface area contributed by atoms with Crippen molar-refractivity contribution in [3.8, 4) is 0 Å². The van der Waals surface area contributed by atoms with Gasteiger partial charge in [0.25, 0.3) is 5.91 Å². The molecule has 6 heteroatoms. The number of hydrogen-bond acceptors (Lipinski definition) is 3. The van der Waals surface area contributed by atoms with Gasteiger partial charge in [0.15, 0.2) is 5.69 Å². The molecule has 0 atom stereocenters. The van der Waals surface area contributed by atoms with E-state index in [0.717, 1.165) is 24.1 Å². The fraction of sp³-hybridized carbons (Fsp3) is 0.286. The van der Waals surface area contributed by atoms with Crippen LogP contribution in [0.3, 0.4) is 0 Å². The Labute approximate surface area is 121 Å². The molecule has 1 aliphatic rings. The molecule has 0 aliphatic heterocycles. The first-order chi connectivity index (χ1) is 9.56. The highest BCUT2D eigenvalue weighted by molar-refractivity contribution is 6.34. The van der Waals surface area contributed by atoms with Crippen molar-refractivity contribution in [1.82, 2.24) is 10.2 Å². The summed E-state index contributed by atoms with van der Waals surface area (Å²) >= 11 is 6.09. The Balaban J connectivity index is 1.82. The van der Waals surface area contributed by atoms with Crippen LogP contribution in [-0.4, -0.2) is 16.1 Å². The number of benzene rings is 1. The number of carbonyl (C=O) groups excluding carboxylic acids is 1. The second kappa shape index (κ2) is 4.83. The number of anilines is 2. The Morgan fingerprint density at radius 1 is 1.50 bits per heavy atom. The molecule has 0 radical (unpaired) electrons. The van der Waals surface area contributed by atoms with Crippen molar-refractivity contribution in [2.45, 2.75) is 25.7 Å². The van der Waals surface area contributed by atoms with Gasteiger partial charge in [-0.15, -0.1) is 0 Å². The Hall–Kier alpha value is -2.01. The van der Waals surface area contributed by atoms with E-state index in [1.54, 1.807) is 12.1 Å². The SMILES string of the molecule is Cc1ccc(NC(=O)c2n[nH]c(C3CC3)c2N)c(Cl)c1. The molecule has 1 aromatic heterocycles. The lowest BCUT2D eigenvalue weighted by atomic mass is 10.2. The molecule has 1 fully saturated rings. The molecule has 0 spiro atoms. The van der Waals surface area contributed by atoms with Gasteiger partial charge in [0.1, 0.15) is 0 Å². The number of carbonyl (C=O) groups is 1. The highest BCUT2D eigenvalue weighted by Crippen LogP contribution is 2.42. The zero-order valence-corrected chi connectivity index (χ0v) is 11.8. The van der Waals surface area contributed by atoms with Crippen LogP contribution in [0.1, 0.15) is 40.5 Å². The topological polar surface area (TPSA) is 83.8 Å². The number of aromatic nitrogens is 2. The number of H-pyrrole nitrogens is 1. The first-order valence-electron chi connectivity index (χ1n) is 6.47. The smallest absolute Gasteiger partial charge is 0.278 e. The molecule has 104 valence electrons.